The molecule has 7 nitrogen and oxygen atoms in total. The van der Waals surface area contributed by atoms with E-state index < -0.39 is 12.1 Å². The maximum atomic E-state index is 12.9. The molecule has 2 amide bonds. The third kappa shape index (κ3) is 4.90. The van der Waals surface area contributed by atoms with Crippen molar-refractivity contribution in [2.24, 2.45) is 0 Å². The van der Waals surface area contributed by atoms with Gasteiger partial charge in [0.25, 0.3) is 0 Å². The second kappa shape index (κ2) is 9.53. The standard InChI is InChI=1S/C24H21ClN4O3/c1-15-8-13-20(31-2)19(14-15)26-24(30)27-21(16-9-11-18(25)12-10-16)23-29-28-22(32-23)17-6-4-3-5-7-17/h3-14,21H,1-2H3,(H2,26,27,30)/t21-/m1/s1. The van der Waals surface area contributed by atoms with Crippen LogP contribution in [-0.2, 0) is 0 Å². The summed E-state index contributed by atoms with van der Waals surface area (Å²) in [4.78, 5) is 12.9. The Balaban J connectivity index is 1.62. The maximum Gasteiger partial charge on any atom is 0.320 e. The number of aryl methyl sites for hydroxylation is 1. The first-order valence-corrected chi connectivity index (χ1v) is 10.3. The molecule has 0 radical (unpaired) electrons. The van der Waals surface area contributed by atoms with Gasteiger partial charge in [0, 0.05) is 10.6 Å². The quantitative estimate of drug-likeness (QED) is 0.399. The lowest BCUT2D eigenvalue weighted by atomic mass is 10.1. The van der Waals surface area contributed by atoms with E-state index in [1.54, 1.807) is 37.4 Å². The topological polar surface area (TPSA) is 89.3 Å². The number of halogens is 1. The minimum atomic E-state index is -0.687. The molecule has 8 heteroatoms. The van der Waals surface area contributed by atoms with E-state index in [2.05, 4.69) is 20.8 Å². The number of aromatic nitrogens is 2. The number of hydrogen-bond acceptors (Lipinski definition) is 5. The first-order chi connectivity index (χ1) is 15.5. The molecule has 0 spiro atoms. The fraction of sp³-hybridized carbons (Fsp3) is 0.125. The van der Waals surface area contributed by atoms with Gasteiger partial charge in [-0.2, -0.15) is 0 Å². The van der Waals surface area contributed by atoms with Crippen LogP contribution in [0, 0.1) is 6.92 Å². The predicted molar refractivity (Wildman–Crippen MR) is 123 cm³/mol. The first kappa shape index (κ1) is 21.4. The highest BCUT2D eigenvalue weighted by Crippen LogP contribution is 2.28. The summed E-state index contributed by atoms with van der Waals surface area (Å²) < 4.78 is 11.3. The number of nitrogens with one attached hydrogen (secondary N) is 2. The highest BCUT2D eigenvalue weighted by atomic mass is 35.5. The van der Waals surface area contributed by atoms with E-state index in [4.69, 9.17) is 20.8 Å². The Hall–Kier alpha value is -3.84. The molecule has 2 N–H and O–H groups in total. The molecule has 4 rings (SSSR count). The summed E-state index contributed by atoms with van der Waals surface area (Å²) in [6, 6.07) is 20.9. The number of methoxy groups -OCH3 is 1. The van der Waals surface area contributed by atoms with Gasteiger partial charge in [0.15, 0.2) is 0 Å². The Kier molecular flexibility index (Phi) is 6.37. The summed E-state index contributed by atoms with van der Waals surface area (Å²) in [7, 11) is 1.55. The van der Waals surface area contributed by atoms with Crippen LogP contribution < -0.4 is 15.4 Å². The van der Waals surface area contributed by atoms with Gasteiger partial charge >= 0.3 is 6.03 Å². The number of nitrogens with zero attached hydrogens (tertiary/aromatic N) is 2. The van der Waals surface area contributed by atoms with Crippen LogP contribution in [0.3, 0.4) is 0 Å². The van der Waals surface area contributed by atoms with Crippen LogP contribution >= 0.6 is 11.6 Å². The minimum Gasteiger partial charge on any atom is -0.495 e. The summed E-state index contributed by atoms with van der Waals surface area (Å²) >= 11 is 6.04. The van der Waals surface area contributed by atoms with E-state index in [9.17, 15) is 4.79 Å². The molecule has 0 fully saturated rings. The smallest absolute Gasteiger partial charge is 0.320 e. The third-order valence-corrected chi connectivity index (χ3v) is 5.04. The van der Waals surface area contributed by atoms with Crippen LogP contribution in [-0.4, -0.2) is 23.3 Å². The molecular formula is C24H21ClN4O3. The van der Waals surface area contributed by atoms with Crippen LogP contribution in [0.15, 0.2) is 77.2 Å². The second-order valence-electron chi connectivity index (χ2n) is 7.10. The number of rotatable bonds is 6. The van der Waals surface area contributed by atoms with Gasteiger partial charge in [0.2, 0.25) is 11.8 Å². The highest BCUT2D eigenvalue weighted by molar-refractivity contribution is 6.30. The Morgan fingerprint density at radius 3 is 2.50 bits per heavy atom. The molecule has 0 bridgehead atoms. The summed E-state index contributed by atoms with van der Waals surface area (Å²) in [5.41, 5.74) is 3.06. The SMILES string of the molecule is COc1ccc(C)cc1NC(=O)N[C@H](c1ccc(Cl)cc1)c1nnc(-c2ccccc2)o1. The number of urea groups is 1. The van der Waals surface area contributed by atoms with E-state index in [-0.39, 0.29) is 5.89 Å². The third-order valence-electron chi connectivity index (χ3n) is 4.79. The first-order valence-electron chi connectivity index (χ1n) is 9.90. The van der Waals surface area contributed by atoms with Gasteiger partial charge in [-0.25, -0.2) is 4.79 Å². The van der Waals surface area contributed by atoms with Crippen molar-refractivity contribution in [3.63, 3.8) is 0 Å². The van der Waals surface area contributed by atoms with Gasteiger partial charge in [0.05, 0.1) is 12.8 Å². The molecule has 3 aromatic carbocycles. The summed E-state index contributed by atoms with van der Waals surface area (Å²) in [5, 5.41) is 14.6. The minimum absolute atomic E-state index is 0.248. The summed E-state index contributed by atoms with van der Waals surface area (Å²) in [6.07, 6.45) is 0. The van der Waals surface area contributed by atoms with Gasteiger partial charge in [-0.1, -0.05) is 48.0 Å². The highest BCUT2D eigenvalue weighted by Gasteiger charge is 2.24. The summed E-state index contributed by atoms with van der Waals surface area (Å²) in [6.45, 7) is 1.93. The number of anilines is 1. The number of hydrogen-bond donors (Lipinski definition) is 2. The molecule has 1 atom stereocenters. The van der Waals surface area contributed by atoms with Gasteiger partial charge < -0.3 is 19.8 Å². The zero-order chi connectivity index (χ0) is 22.5. The van der Waals surface area contributed by atoms with Crippen molar-refractivity contribution >= 4 is 23.3 Å². The molecular weight excluding hydrogens is 428 g/mol. The van der Waals surface area contributed by atoms with Crippen molar-refractivity contribution in [1.29, 1.82) is 0 Å². The van der Waals surface area contributed by atoms with E-state index in [0.29, 0.717) is 22.4 Å². The largest absolute Gasteiger partial charge is 0.495 e. The molecule has 4 aromatic rings. The van der Waals surface area contributed by atoms with Gasteiger partial charge in [-0.15, -0.1) is 10.2 Å². The molecule has 0 saturated heterocycles. The van der Waals surface area contributed by atoms with Crippen LogP contribution in [0.4, 0.5) is 10.5 Å². The van der Waals surface area contributed by atoms with Crippen LogP contribution in [0.1, 0.15) is 23.1 Å². The Morgan fingerprint density at radius 2 is 1.78 bits per heavy atom. The predicted octanol–water partition coefficient (Wildman–Crippen LogP) is 5.62. The second-order valence-corrected chi connectivity index (χ2v) is 7.53. The number of benzene rings is 3. The van der Waals surface area contributed by atoms with Crippen molar-refractivity contribution < 1.29 is 13.9 Å². The van der Waals surface area contributed by atoms with Gasteiger partial charge in [0.1, 0.15) is 11.8 Å². The van der Waals surface area contributed by atoms with Crippen molar-refractivity contribution in [3.8, 4) is 17.2 Å². The monoisotopic (exact) mass is 448 g/mol. The maximum absolute atomic E-state index is 12.9. The fourth-order valence-electron chi connectivity index (χ4n) is 3.20. The molecule has 162 valence electrons. The average molecular weight is 449 g/mol. The number of carbonyl (C=O) groups is 1. The van der Waals surface area contributed by atoms with E-state index in [1.807, 2.05) is 49.4 Å². The van der Waals surface area contributed by atoms with Crippen LogP contribution in [0.25, 0.3) is 11.5 Å². The molecule has 1 heterocycles. The van der Waals surface area contributed by atoms with E-state index in [1.165, 1.54) is 0 Å². The average Bonchev–Trinajstić information content (AvgIpc) is 3.29. The number of amides is 2. The normalized spacial score (nSPS) is 11.6. The Labute approximate surface area is 190 Å². The number of carbonyl (C=O) groups excluding carboxylic acids is 1. The van der Waals surface area contributed by atoms with Crippen molar-refractivity contribution in [2.45, 2.75) is 13.0 Å². The zero-order valence-electron chi connectivity index (χ0n) is 17.5. The Bertz CT molecular complexity index is 1210. The van der Waals surface area contributed by atoms with Crippen molar-refractivity contribution in [1.82, 2.24) is 15.5 Å². The van der Waals surface area contributed by atoms with E-state index in [0.717, 1.165) is 16.7 Å². The summed E-state index contributed by atoms with van der Waals surface area (Å²) in [5.74, 6) is 1.16. The van der Waals surface area contributed by atoms with Crippen molar-refractivity contribution in [2.75, 3.05) is 12.4 Å². The molecule has 0 unspecified atom stereocenters. The van der Waals surface area contributed by atoms with Crippen molar-refractivity contribution in [3.05, 3.63) is 94.8 Å². The van der Waals surface area contributed by atoms with Crippen LogP contribution in [0.2, 0.25) is 5.02 Å². The molecule has 0 saturated carbocycles. The van der Waals surface area contributed by atoms with Gasteiger partial charge in [-0.3, -0.25) is 0 Å². The Morgan fingerprint density at radius 1 is 1.03 bits per heavy atom. The fourth-order valence-corrected chi connectivity index (χ4v) is 3.33. The number of ether oxygens (including phenoxy) is 1. The van der Waals surface area contributed by atoms with Crippen LogP contribution in [0.5, 0.6) is 5.75 Å². The molecule has 0 aliphatic heterocycles. The lowest BCUT2D eigenvalue weighted by Gasteiger charge is -2.17. The lowest BCUT2D eigenvalue weighted by Crippen LogP contribution is -2.33. The molecule has 32 heavy (non-hydrogen) atoms. The van der Waals surface area contributed by atoms with Gasteiger partial charge in [-0.05, 0) is 54.4 Å². The molecule has 0 aliphatic rings. The molecule has 0 aliphatic carbocycles. The lowest BCUT2D eigenvalue weighted by molar-refractivity contribution is 0.248. The van der Waals surface area contributed by atoms with E-state index >= 15 is 0 Å². The molecule has 1 aromatic heterocycles. The zero-order valence-corrected chi connectivity index (χ0v) is 18.3.